The standard InChI is InChI=1S/C15H21NS/c1-8-3-6-12(17-8)9(2)16-15-13-10-4-5-11(7-10)14(13)15/h3,6,9-11,13-16H,4-5,7H2,1-2H3. The van der Waals surface area contributed by atoms with Crippen LogP contribution in [0.4, 0.5) is 0 Å². The van der Waals surface area contributed by atoms with Crippen molar-refractivity contribution in [3.63, 3.8) is 0 Å². The van der Waals surface area contributed by atoms with E-state index < -0.39 is 0 Å². The Bertz CT molecular complexity index is 422. The fraction of sp³-hybridized carbons (Fsp3) is 0.733. The first-order chi connectivity index (χ1) is 8.24. The van der Waals surface area contributed by atoms with Gasteiger partial charge in [0.1, 0.15) is 0 Å². The fourth-order valence-electron chi connectivity index (χ4n) is 4.61. The highest BCUT2D eigenvalue weighted by atomic mass is 32.1. The van der Waals surface area contributed by atoms with Crippen LogP contribution < -0.4 is 5.32 Å². The monoisotopic (exact) mass is 247 g/mol. The molecule has 0 radical (unpaired) electrons. The highest BCUT2D eigenvalue weighted by Crippen LogP contribution is 2.65. The van der Waals surface area contributed by atoms with Gasteiger partial charge in [0.05, 0.1) is 0 Å². The van der Waals surface area contributed by atoms with Gasteiger partial charge in [0.15, 0.2) is 0 Å². The number of aryl methyl sites for hydroxylation is 1. The predicted molar refractivity (Wildman–Crippen MR) is 72.2 cm³/mol. The lowest BCUT2D eigenvalue weighted by Crippen LogP contribution is -2.25. The summed E-state index contributed by atoms with van der Waals surface area (Å²) in [7, 11) is 0. The van der Waals surface area contributed by atoms with Gasteiger partial charge in [0.25, 0.3) is 0 Å². The Morgan fingerprint density at radius 1 is 1.24 bits per heavy atom. The van der Waals surface area contributed by atoms with Crippen LogP contribution in [0.3, 0.4) is 0 Å². The third-order valence-electron chi connectivity index (χ3n) is 5.37. The number of hydrogen-bond acceptors (Lipinski definition) is 2. The van der Waals surface area contributed by atoms with Crippen molar-refractivity contribution in [3.8, 4) is 0 Å². The van der Waals surface area contributed by atoms with E-state index in [1.165, 1.54) is 22.6 Å². The van der Waals surface area contributed by atoms with Crippen molar-refractivity contribution in [2.45, 2.75) is 45.2 Å². The summed E-state index contributed by atoms with van der Waals surface area (Å²) < 4.78 is 0. The number of fused-ring (bicyclic) bond motifs is 5. The van der Waals surface area contributed by atoms with Crippen LogP contribution in [0.15, 0.2) is 12.1 Å². The molecule has 5 unspecified atom stereocenters. The van der Waals surface area contributed by atoms with Gasteiger partial charge in [-0.1, -0.05) is 0 Å². The van der Waals surface area contributed by atoms with Crippen molar-refractivity contribution in [2.75, 3.05) is 0 Å². The molecule has 0 amide bonds. The Hall–Kier alpha value is -0.340. The molecule has 0 spiro atoms. The Labute approximate surface area is 108 Å². The van der Waals surface area contributed by atoms with Gasteiger partial charge in [-0.05, 0) is 68.9 Å². The molecule has 0 saturated heterocycles. The Kier molecular flexibility index (Phi) is 2.23. The molecule has 1 aromatic heterocycles. The molecule has 1 aromatic rings. The molecule has 2 bridgehead atoms. The quantitative estimate of drug-likeness (QED) is 0.857. The molecule has 92 valence electrons. The molecule has 3 fully saturated rings. The minimum absolute atomic E-state index is 0.559. The maximum Gasteiger partial charge on any atom is 0.0388 e. The smallest absolute Gasteiger partial charge is 0.0388 e. The molecule has 3 aliphatic carbocycles. The first-order valence-corrected chi connectivity index (χ1v) is 7.88. The summed E-state index contributed by atoms with van der Waals surface area (Å²) in [5, 5.41) is 3.90. The summed E-state index contributed by atoms with van der Waals surface area (Å²) in [5.41, 5.74) is 0. The molecule has 1 heterocycles. The fourth-order valence-corrected chi connectivity index (χ4v) is 5.49. The van der Waals surface area contributed by atoms with Crippen molar-refractivity contribution in [2.24, 2.45) is 23.7 Å². The van der Waals surface area contributed by atoms with Crippen molar-refractivity contribution in [1.29, 1.82) is 0 Å². The topological polar surface area (TPSA) is 12.0 Å². The van der Waals surface area contributed by atoms with Crippen molar-refractivity contribution < 1.29 is 0 Å². The van der Waals surface area contributed by atoms with E-state index in [9.17, 15) is 0 Å². The average molecular weight is 247 g/mol. The van der Waals surface area contributed by atoms with E-state index in [0.29, 0.717) is 6.04 Å². The molecule has 3 saturated carbocycles. The normalized spacial score (nSPS) is 43.8. The van der Waals surface area contributed by atoms with Crippen LogP contribution in [-0.2, 0) is 0 Å². The minimum atomic E-state index is 0.559. The second-order valence-electron chi connectivity index (χ2n) is 6.35. The SMILES string of the molecule is Cc1ccc(C(C)NC2C3C4CCC(C4)C23)s1. The van der Waals surface area contributed by atoms with Gasteiger partial charge in [-0.2, -0.15) is 0 Å². The summed E-state index contributed by atoms with van der Waals surface area (Å²) in [4.78, 5) is 2.95. The van der Waals surface area contributed by atoms with E-state index in [-0.39, 0.29) is 0 Å². The van der Waals surface area contributed by atoms with E-state index >= 15 is 0 Å². The summed E-state index contributed by atoms with van der Waals surface area (Å²) in [6, 6.07) is 5.96. The summed E-state index contributed by atoms with van der Waals surface area (Å²) >= 11 is 1.95. The molecule has 0 aliphatic heterocycles. The highest BCUT2D eigenvalue weighted by molar-refractivity contribution is 7.12. The molecule has 1 N–H and O–H groups in total. The van der Waals surface area contributed by atoms with Crippen LogP contribution in [0.25, 0.3) is 0 Å². The van der Waals surface area contributed by atoms with E-state index in [0.717, 1.165) is 29.7 Å². The maximum atomic E-state index is 3.90. The Morgan fingerprint density at radius 3 is 2.53 bits per heavy atom. The second kappa shape index (κ2) is 3.58. The van der Waals surface area contributed by atoms with Crippen molar-refractivity contribution in [3.05, 3.63) is 21.9 Å². The number of hydrogen-bond donors (Lipinski definition) is 1. The highest BCUT2D eigenvalue weighted by Gasteiger charge is 2.64. The van der Waals surface area contributed by atoms with Crippen LogP contribution in [-0.4, -0.2) is 6.04 Å². The number of rotatable bonds is 3. The molecule has 3 aliphatic rings. The van der Waals surface area contributed by atoms with Crippen LogP contribution >= 0.6 is 11.3 Å². The van der Waals surface area contributed by atoms with E-state index in [1.807, 2.05) is 11.3 Å². The molecule has 1 nitrogen and oxygen atoms in total. The van der Waals surface area contributed by atoms with Gasteiger partial charge in [0.2, 0.25) is 0 Å². The lowest BCUT2D eigenvalue weighted by atomic mass is 10.0. The maximum absolute atomic E-state index is 3.90. The van der Waals surface area contributed by atoms with E-state index in [4.69, 9.17) is 0 Å². The molecule has 0 aromatic carbocycles. The predicted octanol–water partition coefficient (Wildman–Crippen LogP) is 3.75. The van der Waals surface area contributed by atoms with Gasteiger partial charge >= 0.3 is 0 Å². The third kappa shape index (κ3) is 1.53. The van der Waals surface area contributed by atoms with Gasteiger partial charge in [-0.25, -0.2) is 0 Å². The average Bonchev–Trinajstić information content (AvgIpc) is 2.77. The zero-order valence-electron chi connectivity index (χ0n) is 10.6. The van der Waals surface area contributed by atoms with Crippen LogP contribution in [0.1, 0.15) is 42.0 Å². The van der Waals surface area contributed by atoms with E-state index in [2.05, 4.69) is 31.3 Å². The van der Waals surface area contributed by atoms with Crippen LogP contribution in [0, 0.1) is 30.6 Å². The Morgan fingerprint density at radius 2 is 1.94 bits per heavy atom. The number of thiophene rings is 1. The van der Waals surface area contributed by atoms with Crippen LogP contribution in [0.5, 0.6) is 0 Å². The van der Waals surface area contributed by atoms with Gasteiger partial charge in [-0.3, -0.25) is 0 Å². The summed E-state index contributed by atoms with van der Waals surface area (Å²) in [6.07, 6.45) is 4.60. The van der Waals surface area contributed by atoms with Crippen LogP contribution in [0.2, 0.25) is 0 Å². The first kappa shape index (κ1) is 10.6. The van der Waals surface area contributed by atoms with Gasteiger partial charge in [-0.15, -0.1) is 11.3 Å². The third-order valence-corrected chi connectivity index (χ3v) is 6.55. The van der Waals surface area contributed by atoms with Gasteiger partial charge in [0, 0.05) is 21.8 Å². The van der Waals surface area contributed by atoms with Crippen molar-refractivity contribution >= 4 is 11.3 Å². The molecule has 4 rings (SSSR count). The summed E-state index contributed by atoms with van der Waals surface area (Å²) in [6.45, 7) is 4.54. The molecule has 17 heavy (non-hydrogen) atoms. The number of nitrogens with one attached hydrogen (secondary N) is 1. The first-order valence-electron chi connectivity index (χ1n) is 7.06. The molecule has 5 atom stereocenters. The molecule has 2 heteroatoms. The minimum Gasteiger partial charge on any atom is -0.306 e. The lowest BCUT2D eigenvalue weighted by Gasteiger charge is -2.15. The Balaban J connectivity index is 1.43. The van der Waals surface area contributed by atoms with Crippen molar-refractivity contribution in [1.82, 2.24) is 5.32 Å². The molecular formula is C15H21NS. The summed E-state index contributed by atoms with van der Waals surface area (Å²) in [5.74, 6) is 4.27. The largest absolute Gasteiger partial charge is 0.306 e. The zero-order chi connectivity index (χ0) is 11.6. The van der Waals surface area contributed by atoms with E-state index in [1.54, 1.807) is 6.42 Å². The van der Waals surface area contributed by atoms with Gasteiger partial charge < -0.3 is 5.32 Å². The zero-order valence-corrected chi connectivity index (χ0v) is 11.5. The second-order valence-corrected chi connectivity index (χ2v) is 7.67. The lowest BCUT2D eigenvalue weighted by molar-refractivity contribution is 0.435. The molecular weight excluding hydrogens is 226 g/mol.